The van der Waals surface area contributed by atoms with Gasteiger partial charge in [0, 0.05) is 11.5 Å². The Morgan fingerprint density at radius 1 is 0.895 bits per heavy atom. The highest BCUT2D eigenvalue weighted by atomic mass is 32.2. The molecule has 11 heteroatoms. The maximum Gasteiger partial charge on any atom is 0.216 e. The number of nitrogens with one attached hydrogen (secondary N) is 2. The molecule has 0 spiro atoms. The summed E-state index contributed by atoms with van der Waals surface area (Å²) in [5, 5.41) is 14.2. The zero-order valence-electron chi connectivity index (χ0n) is 10.00. The molecule has 2 aromatic rings. The Morgan fingerprint density at radius 3 is 1.74 bits per heavy atom. The summed E-state index contributed by atoms with van der Waals surface area (Å²) in [6.07, 6.45) is 0. The van der Waals surface area contributed by atoms with E-state index in [1.165, 1.54) is 23.5 Å². The lowest BCUT2D eigenvalue weighted by atomic mass is 10.8. The third-order valence-corrected chi connectivity index (χ3v) is 3.51. The van der Waals surface area contributed by atoms with Gasteiger partial charge in [-0.25, -0.2) is 10.2 Å². The molecule has 2 heterocycles. The Kier molecular flexibility index (Phi) is 5.30. The number of H-pyrrole nitrogens is 2. The van der Waals surface area contributed by atoms with Crippen LogP contribution in [0, 0.1) is 0 Å². The first-order valence-electron chi connectivity index (χ1n) is 5.43. The minimum absolute atomic E-state index is 0.325. The fourth-order valence-corrected chi connectivity index (χ4v) is 2.44. The van der Waals surface area contributed by atoms with Gasteiger partial charge in [-0.2, -0.15) is 9.97 Å². The average Bonchev–Trinajstić information content (AvgIpc) is 2.97. The normalized spacial score (nSPS) is 10.9. The molecule has 6 N–H and O–H groups in total. The highest BCUT2D eigenvalue weighted by Gasteiger charge is 2.02. The van der Waals surface area contributed by atoms with E-state index in [0.717, 1.165) is 11.5 Å². The second-order valence-corrected chi connectivity index (χ2v) is 5.44. The van der Waals surface area contributed by atoms with Gasteiger partial charge in [0.2, 0.25) is 22.2 Å². The molecule has 0 aromatic carbocycles. The molecule has 0 radical (unpaired) electrons. The van der Waals surface area contributed by atoms with E-state index in [1.807, 2.05) is 0 Å². The lowest BCUT2D eigenvalue weighted by molar-refractivity contribution is 0.167. The maximum absolute atomic E-state index is 5.46. The topological polar surface area (TPSA) is 144 Å². The summed E-state index contributed by atoms with van der Waals surface area (Å²) in [6.45, 7) is 1.24. The van der Waals surface area contributed by atoms with Gasteiger partial charge >= 0.3 is 0 Å². The molecule has 0 atom stereocenters. The molecule has 0 saturated heterocycles. The van der Waals surface area contributed by atoms with Crippen LogP contribution in [0.25, 0.3) is 0 Å². The van der Waals surface area contributed by atoms with Crippen LogP contribution in [0.15, 0.2) is 10.3 Å². The van der Waals surface area contributed by atoms with E-state index in [0.29, 0.717) is 35.4 Å². The molecule has 104 valence electrons. The molecule has 0 fully saturated rings. The van der Waals surface area contributed by atoms with Gasteiger partial charge in [0.1, 0.15) is 0 Å². The zero-order valence-corrected chi connectivity index (χ0v) is 11.6. The summed E-state index contributed by atoms with van der Waals surface area (Å²) in [6, 6.07) is 0. The molecule has 0 aliphatic carbocycles. The Hall–Kier alpha value is -1.46. The molecule has 0 aliphatic rings. The molecule has 0 amide bonds. The maximum atomic E-state index is 5.46. The molecular formula is C8H14N8OS2. The smallest absolute Gasteiger partial charge is 0.216 e. The third kappa shape index (κ3) is 4.96. The second-order valence-electron chi connectivity index (χ2n) is 3.32. The predicted molar refractivity (Wildman–Crippen MR) is 73.9 cm³/mol. The Morgan fingerprint density at radius 2 is 1.37 bits per heavy atom. The number of hydrogen-bond acceptors (Lipinski definition) is 9. The van der Waals surface area contributed by atoms with Crippen LogP contribution >= 0.6 is 23.5 Å². The predicted octanol–water partition coefficient (Wildman–Crippen LogP) is -0.0118. The standard InChI is InChI=1S/C8H14N8OS2/c9-5-11-7(15-13-5)18-3-1-17-2-4-19-8-12-6(10)14-16-8/h1-4H2,(H3,9,11,13,15)(H3,10,12,14,16). The summed E-state index contributed by atoms with van der Waals surface area (Å²) in [4.78, 5) is 7.94. The summed E-state index contributed by atoms with van der Waals surface area (Å²) in [5.41, 5.74) is 10.8. The lowest BCUT2D eigenvalue weighted by Gasteiger charge is -2.01. The molecule has 2 rings (SSSR count). The summed E-state index contributed by atoms with van der Waals surface area (Å²) < 4.78 is 5.46. The monoisotopic (exact) mass is 302 g/mol. The average molecular weight is 302 g/mol. The van der Waals surface area contributed by atoms with Gasteiger partial charge in [0.25, 0.3) is 0 Å². The van der Waals surface area contributed by atoms with Gasteiger partial charge in [0.05, 0.1) is 13.2 Å². The number of nitrogens with zero attached hydrogens (tertiary/aromatic N) is 4. The van der Waals surface area contributed by atoms with E-state index >= 15 is 0 Å². The third-order valence-electron chi connectivity index (χ3n) is 1.88. The van der Waals surface area contributed by atoms with Gasteiger partial charge in [-0.05, 0) is 0 Å². The van der Waals surface area contributed by atoms with Crippen molar-refractivity contribution in [1.82, 2.24) is 30.4 Å². The first-order valence-corrected chi connectivity index (χ1v) is 7.40. The Bertz CT molecular complexity index is 456. The van der Waals surface area contributed by atoms with Gasteiger partial charge in [-0.1, -0.05) is 23.5 Å². The van der Waals surface area contributed by atoms with E-state index in [2.05, 4.69) is 30.4 Å². The lowest BCUT2D eigenvalue weighted by Crippen LogP contribution is -2.01. The molecular weight excluding hydrogens is 288 g/mol. The molecule has 9 nitrogen and oxygen atoms in total. The largest absolute Gasteiger partial charge is 0.380 e. The number of hydrogen-bond donors (Lipinski definition) is 4. The number of nitrogen functional groups attached to an aromatic ring is 2. The molecule has 19 heavy (non-hydrogen) atoms. The minimum Gasteiger partial charge on any atom is -0.380 e. The number of aromatic amines is 2. The van der Waals surface area contributed by atoms with Crippen LogP contribution in [0.5, 0.6) is 0 Å². The number of rotatable bonds is 8. The quantitative estimate of drug-likeness (QED) is 0.390. The summed E-state index contributed by atoms with van der Waals surface area (Å²) in [5.74, 6) is 2.20. The first-order chi connectivity index (χ1) is 9.24. The van der Waals surface area contributed by atoms with Gasteiger partial charge < -0.3 is 16.2 Å². The molecule has 2 aromatic heterocycles. The summed E-state index contributed by atoms with van der Waals surface area (Å²) in [7, 11) is 0. The van der Waals surface area contributed by atoms with Crippen molar-refractivity contribution in [1.29, 1.82) is 0 Å². The summed E-state index contributed by atoms with van der Waals surface area (Å²) >= 11 is 2.98. The van der Waals surface area contributed by atoms with Crippen LogP contribution < -0.4 is 11.5 Å². The van der Waals surface area contributed by atoms with Gasteiger partial charge in [-0.3, -0.25) is 0 Å². The van der Waals surface area contributed by atoms with Crippen LogP contribution in [0.3, 0.4) is 0 Å². The fraction of sp³-hybridized carbons (Fsp3) is 0.500. The Balaban J connectivity index is 1.48. The van der Waals surface area contributed by atoms with Crippen LogP contribution in [0.1, 0.15) is 0 Å². The van der Waals surface area contributed by atoms with E-state index in [1.54, 1.807) is 0 Å². The van der Waals surface area contributed by atoms with Crippen molar-refractivity contribution in [3.8, 4) is 0 Å². The highest BCUT2D eigenvalue weighted by Crippen LogP contribution is 2.13. The van der Waals surface area contributed by atoms with Crippen molar-refractivity contribution in [2.24, 2.45) is 0 Å². The van der Waals surface area contributed by atoms with Crippen molar-refractivity contribution in [2.45, 2.75) is 10.3 Å². The van der Waals surface area contributed by atoms with E-state index in [4.69, 9.17) is 16.2 Å². The van der Waals surface area contributed by atoms with Crippen LogP contribution in [-0.2, 0) is 4.74 Å². The van der Waals surface area contributed by atoms with Crippen LogP contribution in [-0.4, -0.2) is 55.1 Å². The van der Waals surface area contributed by atoms with E-state index in [-0.39, 0.29) is 0 Å². The number of thioether (sulfide) groups is 2. The van der Waals surface area contributed by atoms with Crippen molar-refractivity contribution < 1.29 is 4.74 Å². The number of nitrogens with two attached hydrogens (primary N) is 2. The second kappa shape index (κ2) is 7.21. The fourth-order valence-electron chi connectivity index (χ4n) is 1.13. The van der Waals surface area contributed by atoms with E-state index < -0.39 is 0 Å². The molecule has 0 saturated carbocycles. The Labute approximate surface area is 117 Å². The molecule has 0 aliphatic heterocycles. The van der Waals surface area contributed by atoms with Crippen molar-refractivity contribution in [3.05, 3.63) is 0 Å². The van der Waals surface area contributed by atoms with Crippen molar-refractivity contribution >= 4 is 35.4 Å². The zero-order chi connectivity index (χ0) is 13.5. The van der Waals surface area contributed by atoms with Crippen molar-refractivity contribution in [2.75, 3.05) is 36.2 Å². The van der Waals surface area contributed by atoms with Crippen molar-refractivity contribution in [3.63, 3.8) is 0 Å². The van der Waals surface area contributed by atoms with Gasteiger partial charge in [-0.15, -0.1) is 10.2 Å². The number of ether oxygens (including phenoxy) is 1. The van der Waals surface area contributed by atoms with Crippen LogP contribution in [0.2, 0.25) is 0 Å². The molecule has 0 unspecified atom stereocenters. The minimum atomic E-state index is 0.325. The van der Waals surface area contributed by atoms with Gasteiger partial charge in [0.15, 0.2) is 0 Å². The SMILES string of the molecule is Nc1nc(SCCOCCSc2n[nH]c(N)n2)n[nH]1. The molecule has 0 bridgehead atoms. The first kappa shape index (κ1) is 14.0. The van der Waals surface area contributed by atoms with E-state index in [9.17, 15) is 0 Å². The van der Waals surface area contributed by atoms with Crippen LogP contribution in [0.4, 0.5) is 11.9 Å². The number of anilines is 2. The highest BCUT2D eigenvalue weighted by molar-refractivity contribution is 7.99. The number of aromatic nitrogens is 6.